The monoisotopic (exact) mass is 355 g/mol. The number of methoxy groups -OCH3 is 1. The Morgan fingerprint density at radius 3 is 2.30 bits per heavy atom. The van der Waals surface area contributed by atoms with E-state index in [0.29, 0.717) is 0 Å². The molecule has 2 atom stereocenters. The fourth-order valence-electron chi connectivity index (χ4n) is 1.85. The molecule has 20 heavy (non-hydrogen) atoms. The summed E-state index contributed by atoms with van der Waals surface area (Å²) in [7, 11) is 1.65. The number of thiophene rings is 1. The zero-order valence-electron chi connectivity index (χ0n) is 11.5. The molecular formula is C15H18BrNO2S. The van der Waals surface area contributed by atoms with Gasteiger partial charge >= 0.3 is 0 Å². The molecule has 0 aliphatic rings. The second-order valence-corrected chi connectivity index (χ2v) is 6.92. The first-order valence-corrected chi connectivity index (χ1v) is 8.06. The number of ether oxygens (including phenoxy) is 2. The SMILES string of the molecule is CCC(N)C(Oc1ccc(OC)cc1)c1ccc(Br)s1. The van der Waals surface area contributed by atoms with Gasteiger partial charge in [0.15, 0.2) is 0 Å². The first-order valence-electron chi connectivity index (χ1n) is 6.45. The molecule has 2 N–H and O–H groups in total. The van der Waals surface area contributed by atoms with Crippen LogP contribution < -0.4 is 15.2 Å². The third-order valence-corrected chi connectivity index (χ3v) is 4.74. The predicted octanol–water partition coefficient (Wildman–Crippen LogP) is 4.38. The first-order chi connectivity index (χ1) is 9.63. The van der Waals surface area contributed by atoms with E-state index in [1.807, 2.05) is 30.3 Å². The molecule has 108 valence electrons. The van der Waals surface area contributed by atoms with Crippen LogP contribution in [0, 0.1) is 0 Å². The zero-order chi connectivity index (χ0) is 14.5. The largest absolute Gasteiger partial charge is 0.497 e. The average molecular weight is 356 g/mol. The van der Waals surface area contributed by atoms with Gasteiger partial charge in [-0.15, -0.1) is 11.3 Å². The van der Waals surface area contributed by atoms with Crippen LogP contribution >= 0.6 is 27.3 Å². The minimum Gasteiger partial charge on any atom is -0.497 e. The van der Waals surface area contributed by atoms with Crippen molar-refractivity contribution in [3.8, 4) is 11.5 Å². The number of halogens is 1. The van der Waals surface area contributed by atoms with Crippen LogP contribution in [0.5, 0.6) is 11.5 Å². The Kier molecular flexibility index (Phi) is 5.46. The minimum absolute atomic E-state index is 0.0392. The third-order valence-electron chi connectivity index (χ3n) is 3.06. The van der Waals surface area contributed by atoms with Crippen LogP contribution in [0.1, 0.15) is 24.3 Å². The van der Waals surface area contributed by atoms with Crippen molar-refractivity contribution in [2.24, 2.45) is 5.73 Å². The lowest BCUT2D eigenvalue weighted by Gasteiger charge is -2.23. The van der Waals surface area contributed by atoms with Crippen molar-refractivity contribution in [3.63, 3.8) is 0 Å². The lowest BCUT2D eigenvalue weighted by Crippen LogP contribution is -2.30. The van der Waals surface area contributed by atoms with Crippen molar-refractivity contribution in [2.75, 3.05) is 7.11 Å². The Bertz CT molecular complexity index is 541. The van der Waals surface area contributed by atoms with E-state index in [4.69, 9.17) is 15.2 Å². The Morgan fingerprint density at radius 1 is 1.15 bits per heavy atom. The van der Waals surface area contributed by atoms with E-state index in [2.05, 4.69) is 28.9 Å². The maximum absolute atomic E-state index is 6.20. The van der Waals surface area contributed by atoms with E-state index in [0.717, 1.165) is 26.6 Å². The summed E-state index contributed by atoms with van der Waals surface area (Å²) in [6.07, 6.45) is 0.723. The molecule has 5 heteroatoms. The van der Waals surface area contributed by atoms with E-state index >= 15 is 0 Å². The molecule has 2 aromatic rings. The normalized spacial score (nSPS) is 13.8. The number of nitrogens with two attached hydrogens (primary N) is 1. The van der Waals surface area contributed by atoms with Crippen LogP contribution in [0.15, 0.2) is 40.2 Å². The second kappa shape index (κ2) is 7.11. The average Bonchev–Trinajstić information content (AvgIpc) is 2.91. The van der Waals surface area contributed by atoms with Gasteiger partial charge in [0.2, 0.25) is 0 Å². The number of hydrogen-bond donors (Lipinski definition) is 1. The minimum atomic E-state index is -0.135. The molecule has 0 fully saturated rings. The molecule has 2 rings (SSSR count). The molecule has 0 radical (unpaired) electrons. The van der Waals surface area contributed by atoms with Crippen LogP contribution in [0.25, 0.3) is 0 Å². The fraction of sp³-hybridized carbons (Fsp3) is 0.333. The Morgan fingerprint density at radius 2 is 1.80 bits per heavy atom. The van der Waals surface area contributed by atoms with Gasteiger partial charge in [-0.2, -0.15) is 0 Å². The maximum Gasteiger partial charge on any atom is 0.148 e. The van der Waals surface area contributed by atoms with Crippen LogP contribution in [-0.2, 0) is 0 Å². The zero-order valence-corrected chi connectivity index (χ0v) is 13.9. The molecular weight excluding hydrogens is 338 g/mol. The van der Waals surface area contributed by atoms with Crippen molar-refractivity contribution in [3.05, 3.63) is 45.1 Å². The lowest BCUT2D eigenvalue weighted by atomic mass is 10.1. The summed E-state index contributed by atoms with van der Waals surface area (Å²) in [5, 5.41) is 0. The molecule has 2 unspecified atom stereocenters. The summed E-state index contributed by atoms with van der Waals surface area (Å²) in [6.45, 7) is 2.07. The second-order valence-electron chi connectivity index (χ2n) is 4.43. The molecule has 0 saturated carbocycles. The molecule has 1 heterocycles. The van der Waals surface area contributed by atoms with Crippen LogP contribution in [0.4, 0.5) is 0 Å². The highest BCUT2D eigenvalue weighted by Gasteiger charge is 2.22. The highest BCUT2D eigenvalue weighted by Crippen LogP contribution is 2.33. The van der Waals surface area contributed by atoms with Gasteiger partial charge in [-0.1, -0.05) is 6.92 Å². The van der Waals surface area contributed by atoms with Gasteiger partial charge in [0.25, 0.3) is 0 Å². The predicted molar refractivity (Wildman–Crippen MR) is 86.6 cm³/mol. The third kappa shape index (κ3) is 3.75. The number of benzene rings is 1. The number of rotatable bonds is 6. The maximum atomic E-state index is 6.20. The molecule has 0 saturated heterocycles. The van der Waals surface area contributed by atoms with Crippen molar-refractivity contribution < 1.29 is 9.47 Å². The summed E-state index contributed by atoms with van der Waals surface area (Å²) in [6, 6.07) is 11.6. The smallest absolute Gasteiger partial charge is 0.148 e. The topological polar surface area (TPSA) is 44.5 Å². The van der Waals surface area contributed by atoms with Gasteiger partial charge in [-0.25, -0.2) is 0 Å². The summed E-state index contributed by atoms with van der Waals surface area (Å²) in [5.41, 5.74) is 6.20. The Labute approximate surface area is 131 Å². The lowest BCUT2D eigenvalue weighted by molar-refractivity contribution is 0.174. The first kappa shape index (κ1) is 15.4. The van der Waals surface area contributed by atoms with Crippen molar-refractivity contribution in [1.82, 2.24) is 0 Å². The van der Waals surface area contributed by atoms with Crippen LogP contribution in [0.3, 0.4) is 0 Å². The van der Waals surface area contributed by atoms with Gasteiger partial charge in [0.05, 0.1) is 10.9 Å². The highest BCUT2D eigenvalue weighted by molar-refractivity contribution is 9.11. The molecule has 0 spiro atoms. The van der Waals surface area contributed by atoms with Crippen molar-refractivity contribution in [1.29, 1.82) is 0 Å². The van der Waals surface area contributed by atoms with E-state index < -0.39 is 0 Å². The standard InChI is InChI=1S/C15H18BrNO2S/c1-3-12(17)15(13-8-9-14(16)20-13)19-11-6-4-10(18-2)5-7-11/h4-9,12,15H,3,17H2,1-2H3. The van der Waals surface area contributed by atoms with E-state index in [1.165, 1.54) is 0 Å². The summed E-state index contributed by atoms with van der Waals surface area (Å²) < 4.78 is 12.3. The highest BCUT2D eigenvalue weighted by atomic mass is 79.9. The van der Waals surface area contributed by atoms with Crippen molar-refractivity contribution >= 4 is 27.3 Å². The van der Waals surface area contributed by atoms with Crippen molar-refractivity contribution in [2.45, 2.75) is 25.5 Å². The summed E-state index contributed by atoms with van der Waals surface area (Å²) in [5.74, 6) is 1.61. The molecule has 0 aliphatic heterocycles. The summed E-state index contributed by atoms with van der Waals surface area (Å²) in [4.78, 5) is 1.13. The summed E-state index contributed by atoms with van der Waals surface area (Å²) >= 11 is 5.13. The Balaban J connectivity index is 2.18. The Hall–Kier alpha value is -1.04. The fourth-order valence-corrected chi connectivity index (χ4v) is 3.38. The molecule has 1 aromatic heterocycles. The van der Waals surface area contributed by atoms with E-state index in [1.54, 1.807) is 18.4 Å². The van der Waals surface area contributed by atoms with Gasteiger partial charge in [-0.3, -0.25) is 0 Å². The van der Waals surface area contributed by atoms with Gasteiger partial charge in [0.1, 0.15) is 17.6 Å². The molecule has 0 amide bonds. The molecule has 1 aromatic carbocycles. The van der Waals surface area contributed by atoms with E-state index in [9.17, 15) is 0 Å². The van der Waals surface area contributed by atoms with Crippen LogP contribution in [0.2, 0.25) is 0 Å². The van der Waals surface area contributed by atoms with Gasteiger partial charge in [0, 0.05) is 10.9 Å². The quantitative estimate of drug-likeness (QED) is 0.836. The molecule has 3 nitrogen and oxygen atoms in total. The molecule has 0 aliphatic carbocycles. The van der Waals surface area contributed by atoms with Gasteiger partial charge in [-0.05, 0) is 58.7 Å². The molecule has 0 bridgehead atoms. The van der Waals surface area contributed by atoms with Crippen LogP contribution in [-0.4, -0.2) is 13.2 Å². The van der Waals surface area contributed by atoms with Gasteiger partial charge < -0.3 is 15.2 Å². The van der Waals surface area contributed by atoms with E-state index in [-0.39, 0.29) is 12.1 Å². The number of hydrogen-bond acceptors (Lipinski definition) is 4.